The van der Waals surface area contributed by atoms with E-state index < -0.39 is 5.91 Å². The van der Waals surface area contributed by atoms with E-state index in [0.717, 1.165) is 5.56 Å². The fourth-order valence-corrected chi connectivity index (χ4v) is 3.66. The molecule has 1 aliphatic heterocycles. The van der Waals surface area contributed by atoms with Crippen LogP contribution in [0.2, 0.25) is 0 Å². The first kappa shape index (κ1) is 20.9. The van der Waals surface area contributed by atoms with Gasteiger partial charge < -0.3 is 15.2 Å². The number of nitriles is 1. The third-order valence-electron chi connectivity index (χ3n) is 5.27. The van der Waals surface area contributed by atoms with Crippen LogP contribution in [-0.2, 0) is 4.79 Å². The molecule has 2 aromatic carbocycles. The van der Waals surface area contributed by atoms with Crippen molar-refractivity contribution in [2.45, 2.75) is 12.3 Å². The van der Waals surface area contributed by atoms with Gasteiger partial charge in [-0.1, -0.05) is 24.3 Å². The number of benzene rings is 2. The van der Waals surface area contributed by atoms with Gasteiger partial charge in [-0.15, -0.1) is 0 Å². The average Bonchev–Trinajstić information content (AvgIpc) is 3.21. The van der Waals surface area contributed by atoms with Crippen LogP contribution in [0.25, 0.3) is 0 Å². The maximum absolute atomic E-state index is 12.7. The summed E-state index contributed by atoms with van der Waals surface area (Å²) in [4.78, 5) is 29.9. The number of amides is 2. The Morgan fingerprint density at radius 1 is 1.12 bits per heavy atom. The molecule has 2 N–H and O–H groups in total. The number of aromatic nitrogens is 1. The second-order valence-corrected chi connectivity index (χ2v) is 7.27. The van der Waals surface area contributed by atoms with E-state index in [9.17, 15) is 14.9 Å². The number of primary amides is 1. The van der Waals surface area contributed by atoms with E-state index in [0.29, 0.717) is 35.2 Å². The highest BCUT2D eigenvalue weighted by Crippen LogP contribution is 2.38. The van der Waals surface area contributed by atoms with Crippen LogP contribution in [0.5, 0.6) is 17.2 Å². The Morgan fingerprint density at radius 3 is 2.69 bits per heavy atom. The molecule has 0 radical (unpaired) electrons. The van der Waals surface area contributed by atoms with E-state index in [-0.39, 0.29) is 23.9 Å². The Hall–Kier alpha value is -4.38. The maximum atomic E-state index is 12.7. The Kier molecular flexibility index (Phi) is 5.73. The van der Waals surface area contributed by atoms with Crippen molar-refractivity contribution in [3.63, 3.8) is 0 Å². The average molecular weight is 428 g/mol. The molecule has 2 amide bonds. The minimum Gasteiger partial charge on any atom is -0.493 e. The summed E-state index contributed by atoms with van der Waals surface area (Å²) in [6, 6.07) is 19.4. The molecule has 1 aliphatic rings. The topological polar surface area (TPSA) is 119 Å². The molecule has 1 unspecified atom stereocenters. The number of rotatable bonds is 6. The molecule has 0 saturated carbocycles. The van der Waals surface area contributed by atoms with Crippen molar-refractivity contribution in [1.82, 2.24) is 4.98 Å². The Labute approximate surface area is 184 Å². The molecular formula is C24H20N4O4. The zero-order valence-corrected chi connectivity index (χ0v) is 17.3. The molecule has 8 heteroatoms. The van der Waals surface area contributed by atoms with Crippen LogP contribution in [0.3, 0.4) is 0 Å². The minimum atomic E-state index is -0.648. The number of carbonyl (C=O) groups is 2. The van der Waals surface area contributed by atoms with E-state index in [4.69, 9.17) is 15.2 Å². The quantitative estimate of drug-likeness (QED) is 0.643. The van der Waals surface area contributed by atoms with E-state index in [1.807, 2.05) is 12.1 Å². The van der Waals surface area contributed by atoms with Crippen LogP contribution in [-0.4, -0.2) is 30.5 Å². The van der Waals surface area contributed by atoms with Gasteiger partial charge in [0.05, 0.1) is 12.7 Å². The molecule has 32 heavy (non-hydrogen) atoms. The summed E-state index contributed by atoms with van der Waals surface area (Å²) in [6.45, 7) is 0.397. The molecule has 0 aliphatic carbocycles. The van der Waals surface area contributed by atoms with E-state index in [1.165, 1.54) is 13.2 Å². The summed E-state index contributed by atoms with van der Waals surface area (Å²) in [5, 5.41) is 9.33. The van der Waals surface area contributed by atoms with E-state index in [1.54, 1.807) is 47.4 Å². The van der Waals surface area contributed by atoms with Gasteiger partial charge in [-0.05, 0) is 42.0 Å². The molecule has 1 aromatic heterocycles. The highest BCUT2D eigenvalue weighted by molar-refractivity contribution is 5.97. The third-order valence-corrected chi connectivity index (χ3v) is 5.27. The highest BCUT2D eigenvalue weighted by Gasteiger charge is 2.33. The summed E-state index contributed by atoms with van der Waals surface area (Å²) >= 11 is 0. The van der Waals surface area contributed by atoms with Gasteiger partial charge in [0.15, 0.2) is 11.5 Å². The molecule has 0 bridgehead atoms. The molecular weight excluding hydrogens is 408 g/mol. The Bertz CT molecular complexity index is 1230. The number of carbonyl (C=O) groups excluding carboxylic acids is 2. The monoisotopic (exact) mass is 428 g/mol. The fraction of sp³-hybridized carbons (Fsp3) is 0.167. The lowest BCUT2D eigenvalue weighted by molar-refractivity contribution is -0.117. The lowest BCUT2D eigenvalue weighted by Gasteiger charge is -2.17. The van der Waals surface area contributed by atoms with Gasteiger partial charge in [-0.3, -0.25) is 14.5 Å². The molecule has 2 heterocycles. The predicted octanol–water partition coefficient (Wildman–Crippen LogP) is 3.37. The van der Waals surface area contributed by atoms with Crippen LogP contribution in [0.15, 0.2) is 60.7 Å². The van der Waals surface area contributed by atoms with Gasteiger partial charge in [0.1, 0.15) is 23.3 Å². The summed E-state index contributed by atoms with van der Waals surface area (Å²) in [6.07, 6.45) is 0.281. The SMILES string of the molecule is COc1ccc(C2CC(=O)N(c3cccc(C(N)=O)n3)C2)cc1Oc1ccccc1C#N. The predicted molar refractivity (Wildman–Crippen MR) is 117 cm³/mol. The number of hydrogen-bond acceptors (Lipinski definition) is 6. The summed E-state index contributed by atoms with van der Waals surface area (Å²) in [5.74, 6) is 0.914. The van der Waals surface area contributed by atoms with Gasteiger partial charge in [0.2, 0.25) is 5.91 Å². The molecule has 1 fully saturated rings. The highest BCUT2D eigenvalue weighted by atomic mass is 16.5. The maximum Gasteiger partial charge on any atom is 0.267 e. The fourth-order valence-electron chi connectivity index (χ4n) is 3.66. The lowest BCUT2D eigenvalue weighted by atomic mass is 9.98. The van der Waals surface area contributed by atoms with Crippen LogP contribution in [0.1, 0.15) is 34.0 Å². The Morgan fingerprint density at radius 2 is 1.94 bits per heavy atom. The molecule has 160 valence electrons. The number of para-hydroxylation sites is 1. The molecule has 0 spiro atoms. The van der Waals surface area contributed by atoms with Crippen molar-refractivity contribution in [2.24, 2.45) is 5.73 Å². The second-order valence-electron chi connectivity index (χ2n) is 7.27. The van der Waals surface area contributed by atoms with Gasteiger partial charge in [-0.2, -0.15) is 5.26 Å². The number of methoxy groups -OCH3 is 1. The van der Waals surface area contributed by atoms with Crippen LogP contribution in [0.4, 0.5) is 5.82 Å². The minimum absolute atomic E-state index is 0.0998. The van der Waals surface area contributed by atoms with Crippen LogP contribution < -0.4 is 20.1 Å². The normalized spacial score (nSPS) is 15.3. The van der Waals surface area contributed by atoms with Gasteiger partial charge in [0, 0.05) is 18.9 Å². The van der Waals surface area contributed by atoms with Crippen molar-refractivity contribution in [3.05, 3.63) is 77.5 Å². The van der Waals surface area contributed by atoms with Crippen LogP contribution >= 0.6 is 0 Å². The molecule has 3 aromatic rings. The van der Waals surface area contributed by atoms with Crippen molar-refractivity contribution < 1.29 is 19.1 Å². The van der Waals surface area contributed by atoms with E-state index in [2.05, 4.69) is 11.1 Å². The molecule has 8 nitrogen and oxygen atoms in total. The largest absolute Gasteiger partial charge is 0.493 e. The Balaban J connectivity index is 1.61. The van der Waals surface area contributed by atoms with Crippen molar-refractivity contribution >= 4 is 17.6 Å². The van der Waals surface area contributed by atoms with Crippen molar-refractivity contribution in [2.75, 3.05) is 18.6 Å². The van der Waals surface area contributed by atoms with Gasteiger partial charge >= 0.3 is 0 Å². The molecule has 1 saturated heterocycles. The summed E-state index contributed by atoms with van der Waals surface area (Å²) < 4.78 is 11.4. The van der Waals surface area contributed by atoms with E-state index >= 15 is 0 Å². The standard InChI is InChI=1S/C24H20N4O4/c1-31-20-10-9-15(11-21(20)32-19-7-3-2-5-16(19)13-25)17-12-23(29)28(14-17)22-8-4-6-18(27-22)24(26)30/h2-11,17H,12,14H2,1H3,(H2,26,30). The third kappa shape index (κ3) is 4.09. The van der Waals surface area contributed by atoms with Crippen molar-refractivity contribution in [1.29, 1.82) is 5.26 Å². The number of pyridine rings is 1. The van der Waals surface area contributed by atoms with Gasteiger partial charge in [-0.25, -0.2) is 4.98 Å². The van der Waals surface area contributed by atoms with Gasteiger partial charge in [0.25, 0.3) is 5.91 Å². The number of nitrogens with zero attached hydrogens (tertiary/aromatic N) is 3. The van der Waals surface area contributed by atoms with Crippen molar-refractivity contribution in [3.8, 4) is 23.3 Å². The first-order chi connectivity index (χ1) is 15.5. The number of anilines is 1. The summed E-state index contributed by atoms with van der Waals surface area (Å²) in [5.41, 5.74) is 6.71. The first-order valence-electron chi connectivity index (χ1n) is 9.92. The first-order valence-corrected chi connectivity index (χ1v) is 9.92. The summed E-state index contributed by atoms with van der Waals surface area (Å²) in [7, 11) is 1.54. The van der Waals surface area contributed by atoms with Crippen LogP contribution in [0, 0.1) is 11.3 Å². The molecule has 1 atom stereocenters. The zero-order chi connectivity index (χ0) is 22.7. The number of nitrogens with two attached hydrogens (primary N) is 1. The zero-order valence-electron chi connectivity index (χ0n) is 17.3. The molecule has 4 rings (SSSR count). The smallest absolute Gasteiger partial charge is 0.267 e. The second kappa shape index (κ2) is 8.78. The number of ether oxygens (including phenoxy) is 2. The number of hydrogen-bond donors (Lipinski definition) is 1. The lowest BCUT2D eigenvalue weighted by Crippen LogP contribution is -2.26.